The molecule has 0 aromatic carbocycles. The highest BCUT2D eigenvalue weighted by Crippen LogP contribution is 2.40. The van der Waals surface area contributed by atoms with Crippen LogP contribution in [-0.4, -0.2) is 12.1 Å². The summed E-state index contributed by atoms with van der Waals surface area (Å²) in [5.74, 6) is 1.57. The largest absolute Gasteiger partial charge is 0.459 e. The summed E-state index contributed by atoms with van der Waals surface area (Å²) < 4.78 is 5.31. The molecule has 0 radical (unpaired) electrons. The SMILES string of the molecule is C=CC(=O)OC1CCC(C2CCC(C#N)CC2)CC1. The van der Waals surface area contributed by atoms with E-state index in [0.717, 1.165) is 50.4 Å². The fourth-order valence-corrected chi connectivity index (χ4v) is 3.61. The molecule has 0 N–H and O–H groups in total. The predicted octanol–water partition coefficient (Wildman–Crippen LogP) is 3.60. The lowest BCUT2D eigenvalue weighted by Crippen LogP contribution is -2.29. The van der Waals surface area contributed by atoms with Crippen LogP contribution >= 0.6 is 0 Å². The number of ether oxygens (including phenoxy) is 1. The fraction of sp³-hybridized carbons (Fsp3) is 0.750. The second kappa shape index (κ2) is 6.75. The van der Waals surface area contributed by atoms with Gasteiger partial charge in [0.25, 0.3) is 0 Å². The lowest BCUT2D eigenvalue weighted by molar-refractivity contribution is -0.145. The monoisotopic (exact) mass is 261 g/mol. The van der Waals surface area contributed by atoms with Crippen molar-refractivity contribution in [2.75, 3.05) is 0 Å². The van der Waals surface area contributed by atoms with E-state index in [0.29, 0.717) is 5.92 Å². The third-order valence-electron chi connectivity index (χ3n) is 4.79. The minimum Gasteiger partial charge on any atom is -0.459 e. The van der Waals surface area contributed by atoms with Crippen LogP contribution in [0, 0.1) is 29.1 Å². The number of carbonyl (C=O) groups is 1. The van der Waals surface area contributed by atoms with Crippen LogP contribution in [0.2, 0.25) is 0 Å². The number of esters is 1. The fourth-order valence-electron chi connectivity index (χ4n) is 3.61. The van der Waals surface area contributed by atoms with Gasteiger partial charge in [-0.15, -0.1) is 0 Å². The Labute approximate surface area is 115 Å². The smallest absolute Gasteiger partial charge is 0.330 e. The lowest BCUT2D eigenvalue weighted by atomic mass is 9.71. The van der Waals surface area contributed by atoms with E-state index in [4.69, 9.17) is 10.00 Å². The molecule has 2 aliphatic rings. The number of hydrogen-bond acceptors (Lipinski definition) is 3. The maximum atomic E-state index is 11.2. The van der Waals surface area contributed by atoms with Gasteiger partial charge in [0.2, 0.25) is 0 Å². The van der Waals surface area contributed by atoms with Gasteiger partial charge in [0, 0.05) is 12.0 Å². The first kappa shape index (κ1) is 14.1. The molecule has 0 aromatic heterocycles. The Bertz CT molecular complexity index is 355. The maximum Gasteiger partial charge on any atom is 0.330 e. The molecule has 19 heavy (non-hydrogen) atoms. The maximum absolute atomic E-state index is 11.2. The van der Waals surface area contributed by atoms with E-state index in [1.165, 1.54) is 18.9 Å². The van der Waals surface area contributed by atoms with E-state index in [2.05, 4.69) is 12.6 Å². The predicted molar refractivity (Wildman–Crippen MR) is 73.1 cm³/mol. The number of carbonyl (C=O) groups excluding carboxylic acids is 1. The summed E-state index contributed by atoms with van der Waals surface area (Å²) in [4.78, 5) is 11.2. The molecule has 0 bridgehead atoms. The first-order valence-corrected chi connectivity index (χ1v) is 7.45. The average Bonchev–Trinajstić information content (AvgIpc) is 2.48. The quantitative estimate of drug-likeness (QED) is 0.576. The Morgan fingerprint density at radius 2 is 1.58 bits per heavy atom. The number of hydrogen-bond donors (Lipinski definition) is 0. The Morgan fingerprint density at radius 3 is 2.05 bits per heavy atom. The molecule has 0 aromatic rings. The van der Waals surface area contributed by atoms with Crippen molar-refractivity contribution in [3.05, 3.63) is 12.7 Å². The van der Waals surface area contributed by atoms with Crippen molar-refractivity contribution in [1.29, 1.82) is 5.26 Å². The van der Waals surface area contributed by atoms with Gasteiger partial charge in [0.1, 0.15) is 6.10 Å². The molecule has 2 rings (SSSR count). The average molecular weight is 261 g/mol. The van der Waals surface area contributed by atoms with E-state index in [9.17, 15) is 4.79 Å². The molecule has 0 atom stereocenters. The van der Waals surface area contributed by atoms with Gasteiger partial charge in [-0.1, -0.05) is 6.58 Å². The van der Waals surface area contributed by atoms with Crippen LogP contribution in [0.15, 0.2) is 12.7 Å². The molecule has 0 amide bonds. The third-order valence-corrected chi connectivity index (χ3v) is 4.79. The second-order valence-corrected chi connectivity index (χ2v) is 5.92. The molecule has 2 saturated carbocycles. The third kappa shape index (κ3) is 3.83. The molecule has 0 heterocycles. The summed E-state index contributed by atoms with van der Waals surface area (Å²) in [6, 6.07) is 2.40. The Morgan fingerprint density at radius 1 is 1.05 bits per heavy atom. The number of nitriles is 1. The molecule has 104 valence electrons. The van der Waals surface area contributed by atoms with E-state index >= 15 is 0 Å². The molecular formula is C16H23NO2. The second-order valence-electron chi connectivity index (χ2n) is 5.92. The van der Waals surface area contributed by atoms with Crippen LogP contribution in [0.4, 0.5) is 0 Å². The molecule has 0 saturated heterocycles. The lowest BCUT2D eigenvalue weighted by Gasteiger charge is -2.36. The summed E-state index contributed by atoms with van der Waals surface area (Å²) in [7, 11) is 0. The van der Waals surface area contributed by atoms with Gasteiger partial charge >= 0.3 is 5.97 Å². The highest BCUT2D eigenvalue weighted by molar-refractivity contribution is 5.81. The van der Waals surface area contributed by atoms with Crippen molar-refractivity contribution in [2.24, 2.45) is 17.8 Å². The zero-order chi connectivity index (χ0) is 13.7. The molecule has 0 aliphatic heterocycles. The first-order chi connectivity index (χ1) is 9.22. The Kier molecular flexibility index (Phi) is 5.01. The van der Waals surface area contributed by atoms with Crippen LogP contribution in [0.5, 0.6) is 0 Å². The van der Waals surface area contributed by atoms with Crippen LogP contribution < -0.4 is 0 Å². The zero-order valence-corrected chi connectivity index (χ0v) is 11.5. The summed E-state index contributed by atoms with van der Waals surface area (Å²) in [6.07, 6.45) is 10.2. The van der Waals surface area contributed by atoms with E-state index in [-0.39, 0.29) is 12.1 Å². The van der Waals surface area contributed by atoms with Crippen molar-refractivity contribution in [2.45, 2.75) is 57.5 Å². The standard InChI is InChI=1S/C16H23NO2/c1-2-16(18)19-15-9-7-14(8-10-15)13-5-3-12(11-17)4-6-13/h2,12-15H,1,3-10H2. The summed E-state index contributed by atoms with van der Waals surface area (Å²) >= 11 is 0. The Hall–Kier alpha value is -1.30. The highest BCUT2D eigenvalue weighted by Gasteiger charge is 2.31. The molecule has 3 heteroatoms. The molecule has 0 spiro atoms. The number of rotatable bonds is 3. The summed E-state index contributed by atoms with van der Waals surface area (Å²) in [6.45, 7) is 3.43. The van der Waals surface area contributed by atoms with Gasteiger partial charge in [-0.05, 0) is 63.2 Å². The van der Waals surface area contributed by atoms with Gasteiger partial charge in [-0.2, -0.15) is 5.26 Å². The van der Waals surface area contributed by atoms with Crippen molar-refractivity contribution < 1.29 is 9.53 Å². The topological polar surface area (TPSA) is 50.1 Å². The van der Waals surface area contributed by atoms with Crippen LogP contribution in [0.1, 0.15) is 51.4 Å². The molecule has 2 fully saturated rings. The van der Waals surface area contributed by atoms with Crippen LogP contribution in [-0.2, 0) is 9.53 Å². The van der Waals surface area contributed by atoms with Crippen molar-refractivity contribution in [3.63, 3.8) is 0 Å². The van der Waals surface area contributed by atoms with Crippen LogP contribution in [0.25, 0.3) is 0 Å². The van der Waals surface area contributed by atoms with E-state index in [1.807, 2.05) is 0 Å². The zero-order valence-electron chi connectivity index (χ0n) is 11.5. The van der Waals surface area contributed by atoms with Crippen LogP contribution in [0.3, 0.4) is 0 Å². The number of nitrogens with zero attached hydrogens (tertiary/aromatic N) is 1. The molecule has 0 unspecified atom stereocenters. The van der Waals surface area contributed by atoms with Gasteiger partial charge in [-0.25, -0.2) is 4.79 Å². The minimum absolute atomic E-state index is 0.0946. The van der Waals surface area contributed by atoms with Gasteiger partial charge in [-0.3, -0.25) is 0 Å². The van der Waals surface area contributed by atoms with Gasteiger partial charge in [0.05, 0.1) is 6.07 Å². The molecule has 3 nitrogen and oxygen atoms in total. The summed E-state index contributed by atoms with van der Waals surface area (Å²) in [5.41, 5.74) is 0. The molecular weight excluding hydrogens is 238 g/mol. The van der Waals surface area contributed by atoms with Gasteiger partial charge in [0.15, 0.2) is 0 Å². The van der Waals surface area contributed by atoms with E-state index < -0.39 is 0 Å². The Balaban J connectivity index is 1.73. The van der Waals surface area contributed by atoms with Crippen molar-refractivity contribution in [3.8, 4) is 6.07 Å². The normalized spacial score (nSPS) is 35.1. The molecule has 2 aliphatic carbocycles. The summed E-state index contributed by atoms with van der Waals surface area (Å²) in [5, 5.41) is 8.92. The minimum atomic E-state index is -0.294. The van der Waals surface area contributed by atoms with E-state index in [1.54, 1.807) is 0 Å². The first-order valence-electron chi connectivity index (χ1n) is 7.45. The highest BCUT2D eigenvalue weighted by atomic mass is 16.5. The van der Waals surface area contributed by atoms with Crippen molar-refractivity contribution >= 4 is 5.97 Å². The van der Waals surface area contributed by atoms with Crippen molar-refractivity contribution in [1.82, 2.24) is 0 Å². The van der Waals surface area contributed by atoms with Gasteiger partial charge < -0.3 is 4.74 Å².